The summed E-state index contributed by atoms with van der Waals surface area (Å²) in [5.41, 5.74) is 1.76. The predicted octanol–water partition coefficient (Wildman–Crippen LogP) is 4.09. The number of halogens is 1. The second-order valence-corrected chi connectivity index (χ2v) is 7.58. The third-order valence-electron chi connectivity index (χ3n) is 5.71. The normalized spacial score (nSPS) is 22.3. The second kappa shape index (κ2) is 6.87. The summed E-state index contributed by atoms with van der Waals surface area (Å²) in [7, 11) is 2.03. The minimum absolute atomic E-state index is 0.0690. The van der Waals surface area contributed by atoms with Gasteiger partial charge in [0, 0.05) is 25.5 Å². The minimum atomic E-state index is 0.0690. The lowest BCUT2D eigenvalue weighted by molar-refractivity contribution is 0.156. The largest absolute Gasteiger partial charge is 0.340 e. The van der Waals surface area contributed by atoms with Crippen molar-refractivity contribution in [1.29, 1.82) is 0 Å². The van der Waals surface area contributed by atoms with E-state index in [0.717, 1.165) is 42.8 Å². The van der Waals surface area contributed by atoms with E-state index in [-0.39, 0.29) is 12.1 Å². The van der Waals surface area contributed by atoms with Crippen LogP contribution in [0.25, 0.3) is 11.0 Å². The van der Waals surface area contributed by atoms with Gasteiger partial charge in [-0.25, -0.2) is 14.3 Å². The van der Waals surface area contributed by atoms with Gasteiger partial charge in [-0.1, -0.05) is 31.4 Å². The SMILES string of the molecule is CN1c2nc3ccccc3n2C(=O)N(C2CCCCC2)CC1CCCl. The van der Waals surface area contributed by atoms with E-state index in [1.807, 2.05) is 31.3 Å². The fraction of sp³-hybridized carbons (Fsp3) is 0.579. The van der Waals surface area contributed by atoms with E-state index in [1.165, 1.54) is 19.3 Å². The molecule has 2 aliphatic rings. The highest BCUT2D eigenvalue weighted by Gasteiger charge is 2.36. The molecular weight excluding hydrogens is 336 g/mol. The number of nitrogens with zero attached hydrogens (tertiary/aromatic N) is 4. The standard InChI is InChI=1S/C19H25ClN4O/c1-22-15(11-12-20)13-23(14-7-3-2-4-8-14)19(25)24-17-10-6-5-9-16(17)21-18(22)24/h5-6,9-10,14-15H,2-4,7-8,11-13H2,1H3. The smallest absolute Gasteiger partial charge is 0.331 e. The zero-order valence-electron chi connectivity index (χ0n) is 14.7. The van der Waals surface area contributed by atoms with Gasteiger partial charge < -0.3 is 9.80 Å². The maximum atomic E-state index is 13.5. The number of alkyl halides is 1. The van der Waals surface area contributed by atoms with Crippen molar-refractivity contribution in [3.8, 4) is 0 Å². The van der Waals surface area contributed by atoms with E-state index < -0.39 is 0 Å². The lowest BCUT2D eigenvalue weighted by Crippen LogP contribution is -2.47. The third kappa shape index (κ3) is 2.88. The van der Waals surface area contributed by atoms with E-state index in [9.17, 15) is 4.79 Å². The van der Waals surface area contributed by atoms with E-state index in [2.05, 4.69) is 9.80 Å². The van der Waals surface area contributed by atoms with Crippen LogP contribution in [0.15, 0.2) is 24.3 Å². The summed E-state index contributed by atoms with van der Waals surface area (Å²) in [5, 5.41) is 0. The number of hydrogen-bond acceptors (Lipinski definition) is 3. The van der Waals surface area contributed by atoms with E-state index >= 15 is 0 Å². The molecule has 0 saturated heterocycles. The van der Waals surface area contributed by atoms with Crippen molar-refractivity contribution in [1.82, 2.24) is 14.5 Å². The first-order valence-electron chi connectivity index (χ1n) is 9.28. The number of likely N-dealkylation sites (N-methyl/N-ethyl adjacent to an activating group) is 1. The zero-order chi connectivity index (χ0) is 17.4. The molecule has 0 spiro atoms. The molecule has 0 radical (unpaired) electrons. The Bertz CT molecular complexity index is 768. The van der Waals surface area contributed by atoms with Gasteiger partial charge in [0.05, 0.1) is 17.1 Å². The molecule has 2 heterocycles. The number of aromatic nitrogens is 2. The quantitative estimate of drug-likeness (QED) is 0.774. The highest BCUT2D eigenvalue weighted by atomic mass is 35.5. The molecule has 1 saturated carbocycles. The first-order valence-corrected chi connectivity index (χ1v) is 9.81. The van der Waals surface area contributed by atoms with Gasteiger partial charge in [0.2, 0.25) is 5.95 Å². The van der Waals surface area contributed by atoms with E-state index in [0.29, 0.717) is 11.9 Å². The van der Waals surface area contributed by atoms with Crippen LogP contribution in [0.4, 0.5) is 10.7 Å². The molecule has 1 unspecified atom stereocenters. The van der Waals surface area contributed by atoms with Crippen LogP contribution in [0.1, 0.15) is 38.5 Å². The van der Waals surface area contributed by atoms with Crippen molar-refractivity contribution in [2.24, 2.45) is 0 Å². The summed E-state index contributed by atoms with van der Waals surface area (Å²) < 4.78 is 1.80. The highest BCUT2D eigenvalue weighted by Crippen LogP contribution is 2.31. The fourth-order valence-corrected chi connectivity index (χ4v) is 4.52. The highest BCUT2D eigenvalue weighted by molar-refractivity contribution is 6.17. The number of para-hydroxylation sites is 2. The Kier molecular flexibility index (Phi) is 4.59. The minimum Gasteiger partial charge on any atom is -0.340 e. The molecule has 134 valence electrons. The number of carbonyl (C=O) groups is 1. The van der Waals surface area contributed by atoms with Crippen LogP contribution in [0, 0.1) is 0 Å². The van der Waals surface area contributed by atoms with Crippen molar-refractivity contribution < 1.29 is 4.79 Å². The van der Waals surface area contributed by atoms with Crippen LogP contribution in [-0.4, -0.2) is 52.0 Å². The Balaban J connectivity index is 1.82. The number of anilines is 1. The first-order chi connectivity index (χ1) is 12.2. The average Bonchev–Trinajstić information content (AvgIpc) is 3.00. The van der Waals surface area contributed by atoms with Gasteiger partial charge in [-0.05, 0) is 31.4 Å². The van der Waals surface area contributed by atoms with Crippen LogP contribution in [0.3, 0.4) is 0 Å². The van der Waals surface area contributed by atoms with Crippen molar-refractivity contribution in [3.63, 3.8) is 0 Å². The molecule has 1 aliphatic carbocycles. The van der Waals surface area contributed by atoms with Gasteiger partial charge >= 0.3 is 6.03 Å². The third-order valence-corrected chi connectivity index (χ3v) is 5.93. The molecule has 1 aliphatic heterocycles. The summed E-state index contributed by atoms with van der Waals surface area (Å²) in [6.07, 6.45) is 6.75. The number of benzene rings is 1. The number of imidazole rings is 1. The lowest BCUT2D eigenvalue weighted by atomic mass is 9.94. The van der Waals surface area contributed by atoms with E-state index in [1.54, 1.807) is 4.57 Å². The Hall–Kier alpha value is -1.75. The molecule has 6 heteroatoms. The van der Waals surface area contributed by atoms with Gasteiger partial charge in [0.15, 0.2) is 0 Å². The van der Waals surface area contributed by atoms with Crippen molar-refractivity contribution in [2.45, 2.75) is 50.6 Å². The number of amides is 1. The van der Waals surface area contributed by atoms with Gasteiger partial charge in [0.1, 0.15) is 0 Å². The maximum Gasteiger partial charge on any atom is 0.331 e. The predicted molar refractivity (Wildman–Crippen MR) is 102 cm³/mol. The lowest BCUT2D eigenvalue weighted by Gasteiger charge is -2.36. The van der Waals surface area contributed by atoms with Crippen LogP contribution < -0.4 is 4.90 Å². The molecule has 1 aromatic heterocycles. The topological polar surface area (TPSA) is 41.4 Å². The van der Waals surface area contributed by atoms with Gasteiger partial charge in [0.25, 0.3) is 0 Å². The number of rotatable bonds is 3. The van der Waals surface area contributed by atoms with Gasteiger partial charge in [-0.2, -0.15) is 0 Å². The van der Waals surface area contributed by atoms with E-state index in [4.69, 9.17) is 16.6 Å². The van der Waals surface area contributed by atoms with Crippen LogP contribution in [-0.2, 0) is 0 Å². The zero-order valence-corrected chi connectivity index (χ0v) is 15.5. The van der Waals surface area contributed by atoms with Crippen molar-refractivity contribution >= 4 is 34.6 Å². The number of carbonyl (C=O) groups excluding carboxylic acids is 1. The molecule has 2 aromatic rings. The van der Waals surface area contributed by atoms with Crippen molar-refractivity contribution in [2.75, 3.05) is 24.4 Å². The summed E-state index contributed by atoms with van der Waals surface area (Å²) in [4.78, 5) is 22.5. The first kappa shape index (κ1) is 16.7. The molecule has 25 heavy (non-hydrogen) atoms. The molecule has 4 rings (SSSR count). The van der Waals surface area contributed by atoms with Crippen molar-refractivity contribution in [3.05, 3.63) is 24.3 Å². The Labute approximate surface area is 153 Å². The second-order valence-electron chi connectivity index (χ2n) is 7.21. The van der Waals surface area contributed by atoms with Crippen LogP contribution in [0.5, 0.6) is 0 Å². The summed E-state index contributed by atoms with van der Waals surface area (Å²) in [6, 6.07) is 8.49. The fourth-order valence-electron chi connectivity index (χ4n) is 4.27. The molecule has 1 amide bonds. The Morgan fingerprint density at radius 3 is 2.72 bits per heavy atom. The molecule has 0 bridgehead atoms. The van der Waals surface area contributed by atoms with Crippen LogP contribution >= 0.6 is 11.6 Å². The Morgan fingerprint density at radius 1 is 1.20 bits per heavy atom. The number of hydrogen-bond donors (Lipinski definition) is 0. The molecule has 1 fully saturated rings. The summed E-state index contributed by atoms with van der Waals surface area (Å²) >= 11 is 6.07. The molecular formula is C19H25ClN4O. The molecule has 1 atom stereocenters. The summed E-state index contributed by atoms with van der Waals surface area (Å²) in [5.74, 6) is 1.32. The van der Waals surface area contributed by atoms with Gasteiger partial charge in [-0.3, -0.25) is 0 Å². The summed E-state index contributed by atoms with van der Waals surface area (Å²) in [6.45, 7) is 0.727. The monoisotopic (exact) mass is 360 g/mol. The maximum absolute atomic E-state index is 13.5. The van der Waals surface area contributed by atoms with Crippen LogP contribution in [0.2, 0.25) is 0 Å². The Morgan fingerprint density at radius 2 is 1.96 bits per heavy atom. The average molecular weight is 361 g/mol. The molecule has 1 aromatic carbocycles. The van der Waals surface area contributed by atoms with Gasteiger partial charge in [-0.15, -0.1) is 11.6 Å². The number of fused-ring (bicyclic) bond motifs is 3. The molecule has 0 N–H and O–H groups in total. The molecule has 5 nitrogen and oxygen atoms in total.